The Morgan fingerprint density at radius 3 is 2.24 bits per heavy atom. The van der Waals surface area contributed by atoms with Crippen LogP contribution in [0.5, 0.6) is 17.2 Å². The minimum atomic E-state index is -0.0497. The Morgan fingerprint density at radius 2 is 1.48 bits per heavy atom. The molecule has 0 spiro atoms. The van der Waals surface area contributed by atoms with Crippen LogP contribution in [0.3, 0.4) is 0 Å². The molecule has 5 heteroatoms. The number of aromatic hydroxyl groups is 3. The number of phenols is 3. The minimum absolute atomic E-state index is 0.0259. The normalized spacial score (nSPS) is 11.0. The summed E-state index contributed by atoms with van der Waals surface area (Å²) in [5.41, 5.74) is 0.810. The van der Waals surface area contributed by atoms with Gasteiger partial charge in [-0.3, -0.25) is 0 Å². The number of fused-ring (bicyclic) bond motifs is 1. The van der Waals surface area contributed by atoms with Gasteiger partial charge in [0.05, 0.1) is 8.95 Å². The second kappa shape index (κ2) is 5.24. The molecule has 106 valence electrons. The molecule has 0 radical (unpaired) electrons. The van der Waals surface area contributed by atoms with Gasteiger partial charge in [-0.15, -0.1) is 0 Å². The van der Waals surface area contributed by atoms with Crippen molar-refractivity contribution in [2.24, 2.45) is 0 Å². The van der Waals surface area contributed by atoms with Crippen LogP contribution in [0, 0.1) is 0 Å². The van der Waals surface area contributed by atoms with E-state index in [9.17, 15) is 15.3 Å². The molecule has 0 unspecified atom stereocenters. The highest BCUT2D eigenvalue weighted by Gasteiger charge is 2.20. The van der Waals surface area contributed by atoms with Crippen LogP contribution in [0.25, 0.3) is 21.9 Å². The summed E-state index contributed by atoms with van der Waals surface area (Å²) < 4.78 is 0.681. The van der Waals surface area contributed by atoms with E-state index in [1.807, 2.05) is 24.3 Å². The summed E-state index contributed by atoms with van der Waals surface area (Å²) in [5, 5.41) is 32.3. The third-order valence-corrected chi connectivity index (χ3v) is 4.74. The van der Waals surface area contributed by atoms with Gasteiger partial charge in [0.25, 0.3) is 0 Å². The first-order chi connectivity index (χ1) is 10.0. The number of benzene rings is 3. The predicted molar refractivity (Wildman–Crippen MR) is 89.8 cm³/mol. The van der Waals surface area contributed by atoms with E-state index < -0.39 is 0 Å². The van der Waals surface area contributed by atoms with Crippen LogP contribution in [0.15, 0.2) is 51.4 Å². The molecule has 0 aliphatic rings. The zero-order valence-corrected chi connectivity index (χ0v) is 13.8. The molecule has 0 atom stereocenters. The molecule has 0 aliphatic carbocycles. The summed E-state index contributed by atoms with van der Waals surface area (Å²) in [6.45, 7) is 0. The van der Waals surface area contributed by atoms with Crippen molar-refractivity contribution in [3.63, 3.8) is 0 Å². The molecule has 21 heavy (non-hydrogen) atoms. The van der Waals surface area contributed by atoms with Crippen LogP contribution in [0.4, 0.5) is 0 Å². The van der Waals surface area contributed by atoms with Gasteiger partial charge in [-0.25, -0.2) is 0 Å². The Balaban J connectivity index is 2.49. The fourth-order valence-corrected chi connectivity index (χ4v) is 3.27. The predicted octanol–water partition coefficient (Wildman–Crippen LogP) is 5.15. The van der Waals surface area contributed by atoms with E-state index in [1.165, 1.54) is 6.07 Å². The minimum Gasteiger partial charge on any atom is -0.507 e. The Labute approximate surface area is 137 Å². The van der Waals surface area contributed by atoms with Crippen molar-refractivity contribution in [1.29, 1.82) is 0 Å². The lowest BCUT2D eigenvalue weighted by atomic mass is 9.96. The van der Waals surface area contributed by atoms with Crippen LogP contribution in [0.2, 0.25) is 0 Å². The van der Waals surface area contributed by atoms with Gasteiger partial charge in [0.2, 0.25) is 0 Å². The van der Waals surface area contributed by atoms with Crippen molar-refractivity contribution in [2.45, 2.75) is 0 Å². The molecule has 3 nitrogen and oxygen atoms in total. The Kier molecular flexibility index (Phi) is 3.55. The maximum Gasteiger partial charge on any atom is 0.139 e. The zero-order valence-electron chi connectivity index (χ0n) is 10.6. The number of rotatable bonds is 1. The summed E-state index contributed by atoms with van der Waals surface area (Å²) in [5.74, 6) is -0.0458. The van der Waals surface area contributed by atoms with Crippen molar-refractivity contribution < 1.29 is 15.3 Å². The van der Waals surface area contributed by atoms with E-state index in [-0.39, 0.29) is 17.2 Å². The maximum atomic E-state index is 10.3. The number of hydrogen-bond donors (Lipinski definition) is 3. The fraction of sp³-hybridized carbons (Fsp3) is 0. The molecule has 3 aromatic rings. The third kappa shape index (κ3) is 2.26. The molecule has 0 aromatic heterocycles. The van der Waals surface area contributed by atoms with E-state index >= 15 is 0 Å². The summed E-state index contributed by atoms with van der Waals surface area (Å²) in [4.78, 5) is 0. The fourth-order valence-electron chi connectivity index (χ4n) is 2.35. The van der Waals surface area contributed by atoms with Gasteiger partial charge in [0.1, 0.15) is 17.2 Å². The second-order valence-corrected chi connectivity index (χ2v) is 6.24. The first kappa shape index (κ1) is 14.2. The summed E-state index contributed by atoms with van der Waals surface area (Å²) in [6, 6.07) is 12.3. The first-order valence-electron chi connectivity index (χ1n) is 6.11. The second-order valence-electron chi connectivity index (χ2n) is 4.60. The highest BCUT2D eigenvalue weighted by Crippen LogP contribution is 2.50. The van der Waals surface area contributed by atoms with Crippen LogP contribution in [0.1, 0.15) is 0 Å². The average Bonchev–Trinajstić information content (AvgIpc) is 2.47. The summed E-state index contributed by atoms with van der Waals surface area (Å²) >= 11 is 6.48. The monoisotopic (exact) mass is 408 g/mol. The van der Waals surface area contributed by atoms with E-state index in [2.05, 4.69) is 31.9 Å². The molecule has 0 aliphatic heterocycles. The lowest BCUT2D eigenvalue weighted by molar-refractivity contribution is 0.454. The number of phenolic OH excluding ortho intramolecular Hbond substituents is 3. The molecule has 3 aromatic carbocycles. The largest absolute Gasteiger partial charge is 0.507 e. The number of halogens is 2. The lowest BCUT2D eigenvalue weighted by Gasteiger charge is -2.14. The molecule has 0 saturated heterocycles. The molecule has 0 saturated carbocycles. The van der Waals surface area contributed by atoms with Gasteiger partial charge in [0, 0.05) is 11.1 Å². The molecule has 0 bridgehead atoms. The van der Waals surface area contributed by atoms with Crippen molar-refractivity contribution in [2.75, 3.05) is 0 Å². The highest BCUT2D eigenvalue weighted by atomic mass is 79.9. The van der Waals surface area contributed by atoms with E-state index in [1.54, 1.807) is 12.1 Å². The van der Waals surface area contributed by atoms with E-state index in [0.29, 0.717) is 20.1 Å². The Bertz CT molecular complexity index is 834. The Morgan fingerprint density at radius 1 is 0.762 bits per heavy atom. The summed E-state index contributed by atoms with van der Waals surface area (Å²) in [7, 11) is 0. The highest BCUT2D eigenvalue weighted by molar-refractivity contribution is 9.11. The molecular formula is C16H10Br2O3. The van der Waals surface area contributed by atoms with E-state index in [4.69, 9.17) is 0 Å². The topological polar surface area (TPSA) is 60.7 Å². The smallest absolute Gasteiger partial charge is 0.139 e. The van der Waals surface area contributed by atoms with E-state index in [0.717, 1.165) is 10.8 Å². The van der Waals surface area contributed by atoms with Crippen LogP contribution in [-0.4, -0.2) is 15.3 Å². The van der Waals surface area contributed by atoms with Crippen molar-refractivity contribution >= 4 is 42.6 Å². The van der Waals surface area contributed by atoms with Gasteiger partial charge in [-0.05, 0) is 54.8 Å². The van der Waals surface area contributed by atoms with Crippen LogP contribution in [-0.2, 0) is 0 Å². The maximum absolute atomic E-state index is 10.3. The zero-order chi connectivity index (χ0) is 15.1. The van der Waals surface area contributed by atoms with Gasteiger partial charge in [-0.2, -0.15) is 0 Å². The SMILES string of the molecule is Oc1cc(Br)c(O)c(-c2c(O)ccc3ccccc23)c1Br. The average molecular weight is 410 g/mol. The standard InChI is InChI=1S/C16H10Br2O3/c17-10-7-12(20)15(18)14(16(10)21)13-9-4-2-1-3-8(9)5-6-11(13)19/h1-7,19-21H. The van der Waals surface area contributed by atoms with Gasteiger partial charge in [0.15, 0.2) is 0 Å². The van der Waals surface area contributed by atoms with Crippen molar-refractivity contribution in [1.82, 2.24) is 0 Å². The first-order valence-corrected chi connectivity index (χ1v) is 7.70. The molecule has 0 heterocycles. The Hall–Kier alpha value is -1.72. The third-order valence-electron chi connectivity index (χ3n) is 3.33. The number of hydrogen-bond acceptors (Lipinski definition) is 3. The molecule has 3 N–H and O–H groups in total. The van der Waals surface area contributed by atoms with Gasteiger partial charge in [-0.1, -0.05) is 30.3 Å². The van der Waals surface area contributed by atoms with Crippen LogP contribution < -0.4 is 0 Å². The molecule has 3 rings (SSSR count). The van der Waals surface area contributed by atoms with Crippen molar-refractivity contribution in [3.8, 4) is 28.4 Å². The summed E-state index contributed by atoms with van der Waals surface area (Å²) in [6.07, 6.45) is 0. The van der Waals surface area contributed by atoms with Crippen molar-refractivity contribution in [3.05, 3.63) is 51.4 Å². The molecule has 0 amide bonds. The lowest BCUT2D eigenvalue weighted by Crippen LogP contribution is -1.87. The molecule has 0 fully saturated rings. The van der Waals surface area contributed by atoms with Gasteiger partial charge < -0.3 is 15.3 Å². The van der Waals surface area contributed by atoms with Crippen LogP contribution >= 0.6 is 31.9 Å². The molecular weight excluding hydrogens is 400 g/mol. The van der Waals surface area contributed by atoms with Gasteiger partial charge >= 0.3 is 0 Å². The quantitative estimate of drug-likeness (QED) is 0.487.